The molecule has 0 aliphatic heterocycles. The van der Waals surface area contributed by atoms with E-state index in [0.717, 1.165) is 5.56 Å². The van der Waals surface area contributed by atoms with Crippen molar-refractivity contribution in [1.82, 2.24) is 0 Å². The second-order valence-corrected chi connectivity index (χ2v) is 3.68. The lowest BCUT2D eigenvalue weighted by Gasteiger charge is -2.11. The first-order chi connectivity index (χ1) is 8.62. The Morgan fingerprint density at radius 1 is 1.28 bits per heavy atom. The summed E-state index contributed by atoms with van der Waals surface area (Å²) in [6, 6.07) is 3.26. The quantitative estimate of drug-likeness (QED) is 0.420. The highest BCUT2D eigenvalue weighted by atomic mass is 16.6. The highest BCUT2D eigenvalue weighted by molar-refractivity contribution is 5.79. The van der Waals surface area contributed by atoms with Gasteiger partial charge >= 0.3 is 0 Å². The molecule has 0 aliphatic carbocycles. The number of nitrogens with zero attached hydrogens (tertiary/aromatic N) is 1. The van der Waals surface area contributed by atoms with Gasteiger partial charge in [0.1, 0.15) is 6.29 Å². The minimum Gasteiger partial charge on any atom is -0.493 e. The fourth-order valence-electron chi connectivity index (χ4n) is 1.66. The van der Waals surface area contributed by atoms with Crippen molar-refractivity contribution in [2.45, 2.75) is 12.8 Å². The van der Waals surface area contributed by atoms with Crippen LogP contribution in [0.15, 0.2) is 12.1 Å². The van der Waals surface area contributed by atoms with Crippen molar-refractivity contribution in [3.05, 3.63) is 33.4 Å². The van der Waals surface area contributed by atoms with Gasteiger partial charge in [-0.3, -0.25) is 14.9 Å². The van der Waals surface area contributed by atoms with Gasteiger partial charge in [0.25, 0.3) is 0 Å². The molecule has 0 bridgehead atoms. The zero-order chi connectivity index (χ0) is 13.5. The van der Waals surface area contributed by atoms with E-state index in [4.69, 9.17) is 9.47 Å². The van der Waals surface area contributed by atoms with Gasteiger partial charge in [0.15, 0.2) is 11.5 Å². The molecule has 1 aromatic carbocycles. The standard InChI is InChI=1S/C12H15NO5/c1-17-11-6-9(4-3-5-13(15)16)10(8-14)7-12(11)18-2/h6-8H,3-5H2,1-2H3. The van der Waals surface area contributed by atoms with Crippen LogP contribution in [-0.2, 0) is 6.42 Å². The number of aryl methyl sites for hydroxylation is 1. The van der Waals surface area contributed by atoms with E-state index in [9.17, 15) is 14.9 Å². The van der Waals surface area contributed by atoms with Crippen LogP contribution in [0.3, 0.4) is 0 Å². The molecular weight excluding hydrogens is 238 g/mol. The predicted molar refractivity (Wildman–Crippen MR) is 65.1 cm³/mol. The van der Waals surface area contributed by atoms with Crippen LogP contribution in [0.25, 0.3) is 0 Å². The average molecular weight is 253 g/mol. The summed E-state index contributed by atoms with van der Waals surface area (Å²) in [4.78, 5) is 20.8. The van der Waals surface area contributed by atoms with Crippen LogP contribution in [0.1, 0.15) is 22.3 Å². The molecule has 0 saturated heterocycles. The molecule has 0 aromatic heterocycles. The van der Waals surface area contributed by atoms with Crippen LogP contribution >= 0.6 is 0 Å². The smallest absolute Gasteiger partial charge is 0.204 e. The maximum atomic E-state index is 11.0. The molecule has 0 radical (unpaired) electrons. The zero-order valence-electron chi connectivity index (χ0n) is 10.3. The first-order valence-corrected chi connectivity index (χ1v) is 5.44. The van der Waals surface area contributed by atoms with Gasteiger partial charge in [0.2, 0.25) is 6.54 Å². The molecule has 98 valence electrons. The number of carbonyl (C=O) groups excluding carboxylic acids is 1. The van der Waals surface area contributed by atoms with Crippen molar-refractivity contribution in [1.29, 1.82) is 0 Å². The molecule has 1 rings (SSSR count). The van der Waals surface area contributed by atoms with E-state index in [1.54, 1.807) is 12.1 Å². The number of rotatable bonds is 7. The number of aldehydes is 1. The van der Waals surface area contributed by atoms with Crippen LogP contribution < -0.4 is 9.47 Å². The molecule has 0 amide bonds. The number of hydrogen-bond acceptors (Lipinski definition) is 5. The van der Waals surface area contributed by atoms with Crippen molar-refractivity contribution in [3.63, 3.8) is 0 Å². The lowest BCUT2D eigenvalue weighted by Crippen LogP contribution is -2.04. The summed E-state index contributed by atoms with van der Waals surface area (Å²) in [7, 11) is 2.98. The van der Waals surface area contributed by atoms with Gasteiger partial charge < -0.3 is 9.47 Å². The summed E-state index contributed by atoms with van der Waals surface area (Å²) in [6.45, 7) is -0.118. The third-order valence-corrected chi connectivity index (χ3v) is 2.56. The van der Waals surface area contributed by atoms with E-state index in [0.29, 0.717) is 36.2 Å². The van der Waals surface area contributed by atoms with Crippen molar-refractivity contribution in [3.8, 4) is 11.5 Å². The number of benzene rings is 1. The Bertz CT molecular complexity index is 444. The summed E-state index contributed by atoms with van der Waals surface area (Å²) < 4.78 is 10.2. The number of ether oxygens (including phenoxy) is 2. The second-order valence-electron chi connectivity index (χ2n) is 3.68. The van der Waals surface area contributed by atoms with Gasteiger partial charge in [0, 0.05) is 16.9 Å². The monoisotopic (exact) mass is 253 g/mol. The van der Waals surface area contributed by atoms with E-state index in [-0.39, 0.29) is 11.5 Å². The summed E-state index contributed by atoms with van der Waals surface area (Å²) in [5, 5.41) is 10.3. The number of carbonyl (C=O) groups is 1. The van der Waals surface area contributed by atoms with E-state index >= 15 is 0 Å². The van der Waals surface area contributed by atoms with E-state index in [1.807, 2.05) is 0 Å². The van der Waals surface area contributed by atoms with Gasteiger partial charge in [-0.15, -0.1) is 0 Å². The topological polar surface area (TPSA) is 78.7 Å². The minimum atomic E-state index is -0.374. The molecule has 0 aliphatic rings. The van der Waals surface area contributed by atoms with Crippen molar-refractivity contribution < 1.29 is 19.2 Å². The molecule has 6 heteroatoms. The van der Waals surface area contributed by atoms with Crippen LogP contribution in [0.5, 0.6) is 11.5 Å². The molecule has 0 atom stereocenters. The number of hydrogen-bond donors (Lipinski definition) is 0. The SMILES string of the molecule is COc1cc(C=O)c(CCC[N+](=O)[O-])cc1OC. The molecule has 0 heterocycles. The molecule has 18 heavy (non-hydrogen) atoms. The summed E-state index contributed by atoms with van der Waals surface area (Å²) in [5.41, 5.74) is 1.19. The first kappa shape index (κ1) is 14.0. The number of methoxy groups -OCH3 is 2. The predicted octanol–water partition coefficient (Wildman–Crippen LogP) is 1.73. The minimum absolute atomic E-state index is 0.118. The fourth-order valence-corrected chi connectivity index (χ4v) is 1.66. The largest absolute Gasteiger partial charge is 0.493 e. The lowest BCUT2D eigenvalue weighted by atomic mass is 10.0. The van der Waals surface area contributed by atoms with E-state index in [2.05, 4.69) is 0 Å². The molecule has 0 spiro atoms. The molecule has 6 nitrogen and oxygen atoms in total. The fraction of sp³-hybridized carbons (Fsp3) is 0.417. The third-order valence-electron chi connectivity index (χ3n) is 2.56. The highest BCUT2D eigenvalue weighted by Gasteiger charge is 2.11. The Hall–Kier alpha value is -2.11. The number of nitro groups is 1. The molecule has 0 fully saturated rings. The zero-order valence-corrected chi connectivity index (χ0v) is 10.3. The Morgan fingerprint density at radius 2 is 1.89 bits per heavy atom. The maximum Gasteiger partial charge on any atom is 0.204 e. The van der Waals surface area contributed by atoms with Crippen LogP contribution in [-0.4, -0.2) is 32.0 Å². The summed E-state index contributed by atoms with van der Waals surface area (Å²) >= 11 is 0. The molecule has 0 unspecified atom stereocenters. The lowest BCUT2D eigenvalue weighted by molar-refractivity contribution is -0.480. The Balaban J connectivity index is 2.94. The summed E-state index contributed by atoms with van der Waals surface area (Å²) in [6.07, 6.45) is 1.54. The van der Waals surface area contributed by atoms with Crippen molar-refractivity contribution in [2.24, 2.45) is 0 Å². The first-order valence-electron chi connectivity index (χ1n) is 5.44. The summed E-state index contributed by atoms with van der Waals surface area (Å²) in [5.74, 6) is 0.983. The van der Waals surface area contributed by atoms with Gasteiger partial charge in [-0.1, -0.05) is 0 Å². The molecule has 1 aromatic rings. The highest BCUT2D eigenvalue weighted by Crippen LogP contribution is 2.30. The van der Waals surface area contributed by atoms with E-state index < -0.39 is 0 Å². The van der Waals surface area contributed by atoms with Crippen molar-refractivity contribution >= 4 is 6.29 Å². The van der Waals surface area contributed by atoms with Gasteiger partial charge in [-0.2, -0.15) is 0 Å². The van der Waals surface area contributed by atoms with Crippen LogP contribution in [0.4, 0.5) is 0 Å². The maximum absolute atomic E-state index is 11.0. The average Bonchev–Trinajstić information content (AvgIpc) is 2.37. The Kier molecular flexibility index (Phi) is 5.10. The molecular formula is C12H15NO5. The molecule has 0 saturated carbocycles. The third kappa shape index (κ3) is 3.44. The van der Waals surface area contributed by atoms with Crippen molar-refractivity contribution in [2.75, 3.05) is 20.8 Å². The van der Waals surface area contributed by atoms with Gasteiger partial charge in [-0.25, -0.2) is 0 Å². The molecule has 0 N–H and O–H groups in total. The van der Waals surface area contributed by atoms with Gasteiger partial charge in [-0.05, 0) is 24.1 Å². The van der Waals surface area contributed by atoms with Crippen LogP contribution in [0, 0.1) is 10.1 Å². The Morgan fingerprint density at radius 3 is 2.39 bits per heavy atom. The Labute approximate surface area is 105 Å². The van der Waals surface area contributed by atoms with Crippen LogP contribution in [0.2, 0.25) is 0 Å². The van der Waals surface area contributed by atoms with E-state index in [1.165, 1.54) is 14.2 Å². The second kappa shape index (κ2) is 6.58. The van der Waals surface area contributed by atoms with Gasteiger partial charge in [0.05, 0.1) is 14.2 Å². The normalized spacial score (nSPS) is 9.89.